The fraction of sp³-hybridized carbons (Fsp3) is 0.0909. The Labute approximate surface area is 171 Å². The molecule has 0 bridgehead atoms. The second-order valence-electron chi connectivity index (χ2n) is 6.24. The summed E-state index contributed by atoms with van der Waals surface area (Å²) in [4.78, 5) is 12.1. The molecule has 4 rings (SSSR count). The van der Waals surface area contributed by atoms with Crippen molar-refractivity contribution in [3.63, 3.8) is 0 Å². The van der Waals surface area contributed by atoms with E-state index in [-0.39, 0.29) is 5.91 Å². The third-order valence-electron chi connectivity index (χ3n) is 4.60. The molecule has 1 aromatic heterocycles. The van der Waals surface area contributed by atoms with Crippen molar-refractivity contribution < 1.29 is 4.79 Å². The first-order chi connectivity index (χ1) is 13.2. The third-order valence-corrected chi connectivity index (χ3v) is 5.32. The highest BCUT2D eigenvalue weighted by Gasteiger charge is 2.09. The number of aromatic nitrogens is 1. The lowest BCUT2D eigenvalue weighted by molar-refractivity contribution is 0.0955. The molecule has 0 aliphatic heterocycles. The predicted molar refractivity (Wildman–Crippen MR) is 119 cm³/mol. The quantitative estimate of drug-likeness (QED) is 0.251. The van der Waals surface area contributed by atoms with E-state index in [0.29, 0.717) is 5.56 Å². The van der Waals surface area contributed by atoms with E-state index in [2.05, 4.69) is 81.0 Å². The van der Waals surface area contributed by atoms with E-state index in [1.165, 1.54) is 21.8 Å². The molecule has 1 amide bonds. The van der Waals surface area contributed by atoms with Gasteiger partial charge in [0.2, 0.25) is 0 Å². The van der Waals surface area contributed by atoms with E-state index in [4.69, 9.17) is 0 Å². The summed E-state index contributed by atoms with van der Waals surface area (Å²) in [6.07, 6.45) is 1.68. The zero-order valence-corrected chi connectivity index (χ0v) is 17.0. The summed E-state index contributed by atoms with van der Waals surface area (Å²) in [5, 5.41) is 6.54. The first-order valence-corrected chi connectivity index (χ1v) is 9.85. The first kappa shape index (κ1) is 17.7. The van der Waals surface area contributed by atoms with E-state index in [0.717, 1.165) is 15.7 Å². The first-order valence-electron chi connectivity index (χ1n) is 8.77. The summed E-state index contributed by atoms with van der Waals surface area (Å²) >= 11 is 2.21. The standard InChI is InChI=1S/C22H18IN3O/c1-2-26-20-6-4-3-5-18(20)19-13-15(7-12-21(19)26)14-24-25-22(27)16-8-10-17(23)11-9-16/h3-14H,2H2,1H3,(H,25,27). The summed E-state index contributed by atoms with van der Waals surface area (Å²) in [5.41, 5.74) is 6.57. The van der Waals surface area contributed by atoms with Gasteiger partial charge in [-0.25, -0.2) is 5.43 Å². The lowest BCUT2D eigenvalue weighted by Gasteiger charge is -2.03. The molecule has 4 aromatic rings. The van der Waals surface area contributed by atoms with Gasteiger partial charge in [0.25, 0.3) is 5.91 Å². The second kappa shape index (κ2) is 7.52. The lowest BCUT2D eigenvalue weighted by Crippen LogP contribution is -2.17. The SMILES string of the molecule is CCn1c2ccccc2c2cc(C=NNC(=O)c3ccc(I)cc3)ccc21. The Balaban J connectivity index is 1.61. The van der Waals surface area contributed by atoms with Crippen LogP contribution in [0.25, 0.3) is 21.8 Å². The molecule has 0 atom stereocenters. The van der Waals surface area contributed by atoms with Gasteiger partial charge >= 0.3 is 0 Å². The van der Waals surface area contributed by atoms with Gasteiger partial charge in [-0.05, 0) is 77.5 Å². The molecule has 4 nitrogen and oxygen atoms in total. The number of hydrogen-bond donors (Lipinski definition) is 1. The Kier molecular flexibility index (Phi) is 4.94. The molecular formula is C22H18IN3O. The highest BCUT2D eigenvalue weighted by Crippen LogP contribution is 2.29. The van der Waals surface area contributed by atoms with E-state index in [9.17, 15) is 4.79 Å². The van der Waals surface area contributed by atoms with Crippen LogP contribution in [0, 0.1) is 3.57 Å². The Morgan fingerprint density at radius 3 is 2.56 bits per heavy atom. The molecule has 0 aliphatic rings. The minimum absolute atomic E-state index is 0.216. The number of amides is 1. The van der Waals surface area contributed by atoms with E-state index >= 15 is 0 Å². The van der Waals surface area contributed by atoms with Gasteiger partial charge < -0.3 is 4.57 Å². The fourth-order valence-corrected chi connectivity index (χ4v) is 3.68. The molecule has 0 saturated carbocycles. The lowest BCUT2D eigenvalue weighted by atomic mass is 10.1. The number of fused-ring (bicyclic) bond motifs is 3. The molecule has 0 radical (unpaired) electrons. The molecule has 0 spiro atoms. The molecule has 0 fully saturated rings. The van der Waals surface area contributed by atoms with Crippen molar-refractivity contribution in [1.82, 2.24) is 9.99 Å². The zero-order chi connectivity index (χ0) is 18.8. The number of nitrogens with zero attached hydrogens (tertiary/aromatic N) is 2. The maximum Gasteiger partial charge on any atom is 0.271 e. The summed E-state index contributed by atoms with van der Waals surface area (Å²) in [6, 6.07) is 22.0. The normalized spacial score (nSPS) is 11.5. The topological polar surface area (TPSA) is 46.4 Å². The average molecular weight is 467 g/mol. The van der Waals surface area contributed by atoms with Crippen molar-refractivity contribution >= 4 is 56.5 Å². The summed E-state index contributed by atoms with van der Waals surface area (Å²) in [7, 11) is 0. The molecule has 3 aromatic carbocycles. The number of nitrogens with one attached hydrogen (secondary N) is 1. The Morgan fingerprint density at radius 1 is 1.04 bits per heavy atom. The molecule has 0 unspecified atom stereocenters. The Bertz CT molecular complexity index is 1160. The summed E-state index contributed by atoms with van der Waals surface area (Å²) < 4.78 is 3.40. The van der Waals surface area contributed by atoms with Crippen LogP contribution in [0.5, 0.6) is 0 Å². The number of benzene rings is 3. The van der Waals surface area contributed by atoms with Crippen LogP contribution in [0.4, 0.5) is 0 Å². The van der Waals surface area contributed by atoms with E-state index < -0.39 is 0 Å². The minimum Gasteiger partial charge on any atom is -0.341 e. The van der Waals surface area contributed by atoms with Crippen LogP contribution in [0.2, 0.25) is 0 Å². The number of carbonyl (C=O) groups is 1. The van der Waals surface area contributed by atoms with Crippen molar-refractivity contribution in [3.05, 3.63) is 81.4 Å². The maximum atomic E-state index is 12.1. The predicted octanol–water partition coefficient (Wildman–Crippen LogP) is 5.18. The number of halogens is 1. The molecule has 0 saturated heterocycles. The van der Waals surface area contributed by atoms with Gasteiger partial charge in [-0.1, -0.05) is 24.3 Å². The van der Waals surface area contributed by atoms with Crippen molar-refractivity contribution in [2.24, 2.45) is 5.10 Å². The third kappa shape index (κ3) is 3.47. The smallest absolute Gasteiger partial charge is 0.271 e. The van der Waals surface area contributed by atoms with Crippen LogP contribution in [-0.2, 0) is 6.54 Å². The van der Waals surface area contributed by atoms with Crippen molar-refractivity contribution in [2.45, 2.75) is 13.5 Å². The van der Waals surface area contributed by atoms with Gasteiger partial charge in [0, 0.05) is 37.5 Å². The van der Waals surface area contributed by atoms with E-state index in [1.807, 2.05) is 18.2 Å². The van der Waals surface area contributed by atoms with Crippen molar-refractivity contribution in [1.29, 1.82) is 0 Å². The number of para-hydroxylation sites is 1. The maximum absolute atomic E-state index is 12.1. The van der Waals surface area contributed by atoms with Gasteiger partial charge in [0.05, 0.1) is 6.21 Å². The van der Waals surface area contributed by atoms with Crippen LogP contribution in [0.3, 0.4) is 0 Å². The van der Waals surface area contributed by atoms with Gasteiger partial charge in [-0.15, -0.1) is 0 Å². The van der Waals surface area contributed by atoms with Crippen molar-refractivity contribution in [3.8, 4) is 0 Å². The molecule has 27 heavy (non-hydrogen) atoms. The number of hydrogen-bond acceptors (Lipinski definition) is 2. The van der Waals surface area contributed by atoms with Crippen LogP contribution >= 0.6 is 22.6 Å². The minimum atomic E-state index is -0.216. The monoisotopic (exact) mass is 467 g/mol. The number of hydrazone groups is 1. The largest absolute Gasteiger partial charge is 0.341 e. The second-order valence-corrected chi connectivity index (χ2v) is 7.49. The Morgan fingerprint density at radius 2 is 1.78 bits per heavy atom. The molecule has 0 aliphatic carbocycles. The molecule has 1 heterocycles. The van der Waals surface area contributed by atoms with Gasteiger partial charge in [0.1, 0.15) is 0 Å². The van der Waals surface area contributed by atoms with Crippen LogP contribution in [-0.4, -0.2) is 16.7 Å². The molecule has 5 heteroatoms. The number of rotatable bonds is 4. The van der Waals surface area contributed by atoms with Crippen LogP contribution in [0.1, 0.15) is 22.8 Å². The number of carbonyl (C=O) groups excluding carboxylic acids is 1. The highest BCUT2D eigenvalue weighted by molar-refractivity contribution is 14.1. The number of aryl methyl sites for hydroxylation is 1. The fourth-order valence-electron chi connectivity index (χ4n) is 3.32. The summed E-state index contributed by atoms with van der Waals surface area (Å²) in [5.74, 6) is -0.216. The van der Waals surface area contributed by atoms with Gasteiger partial charge in [0.15, 0.2) is 0 Å². The van der Waals surface area contributed by atoms with Gasteiger partial charge in [-0.3, -0.25) is 4.79 Å². The van der Waals surface area contributed by atoms with Crippen LogP contribution < -0.4 is 5.43 Å². The molecule has 1 N–H and O–H groups in total. The zero-order valence-electron chi connectivity index (χ0n) is 14.8. The molecular weight excluding hydrogens is 449 g/mol. The van der Waals surface area contributed by atoms with Crippen LogP contribution in [0.15, 0.2) is 71.8 Å². The molecule has 134 valence electrons. The average Bonchev–Trinajstić information content (AvgIpc) is 3.01. The van der Waals surface area contributed by atoms with E-state index in [1.54, 1.807) is 18.3 Å². The van der Waals surface area contributed by atoms with Crippen molar-refractivity contribution in [2.75, 3.05) is 0 Å². The highest BCUT2D eigenvalue weighted by atomic mass is 127. The Hall–Kier alpha value is -2.67. The summed E-state index contributed by atoms with van der Waals surface area (Å²) in [6.45, 7) is 3.07. The van der Waals surface area contributed by atoms with Gasteiger partial charge in [-0.2, -0.15) is 5.10 Å².